The van der Waals surface area contributed by atoms with E-state index in [4.69, 9.17) is 4.74 Å². The van der Waals surface area contributed by atoms with Crippen molar-refractivity contribution in [3.8, 4) is 0 Å². The number of piperidine rings is 1. The maximum atomic E-state index is 13.6. The molecule has 1 atom stereocenters. The Hall–Kier alpha value is -2.04. The summed E-state index contributed by atoms with van der Waals surface area (Å²) in [6.45, 7) is 11.9. The second kappa shape index (κ2) is 8.99. The molecular formula is C25H38N2O3. The molecule has 1 aromatic rings. The van der Waals surface area contributed by atoms with E-state index in [-0.39, 0.29) is 29.4 Å². The fraction of sp³-hybridized carbons (Fsp3) is 0.680. The number of nitrogens with zero attached hydrogens (tertiary/aromatic N) is 2. The molecule has 3 rings (SSSR count). The largest absolute Gasteiger partial charge is 0.444 e. The molecule has 0 aromatic heterocycles. The summed E-state index contributed by atoms with van der Waals surface area (Å²) in [5.41, 5.74) is 0.304. The van der Waals surface area contributed by atoms with Gasteiger partial charge in [0.15, 0.2) is 0 Å². The maximum absolute atomic E-state index is 13.6. The molecule has 1 saturated carbocycles. The summed E-state index contributed by atoms with van der Waals surface area (Å²) in [5, 5.41) is 0. The number of rotatable bonds is 5. The summed E-state index contributed by atoms with van der Waals surface area (Å²) in [7, 11) is 0. The molecule has 0 radical (unpaired) electrons. The minimum atomic E-state index is -0.509. The minimum Gasteiger partial charge on any atom is -0.444 e. The van der Waals surface area contributed by atoms with Gasteiger partial charge in [-0.2, -0.15) is 0 Å². The van der Waals surface area contributed by atoms with Gasteiger partial charge in [0.1, 0.15) is 5.60 Å². The van der Waals surface area contributed by atoms with Crippen LogP contribution in [0.1, 0.15) is 72.3 Å². The molecule has 1 heterocycles. The van der Waals surface area contributed by atoms with E-state index in [1.54, 1.807) is 0 Å². The zero-order chi connectivity index (χ0) is 21.9. The first-order chi connectivity index (χ1) is 14.1. The average molecular weight is 415 g/mol. The van der Waals surface area contributed by atoms with Crippen LogP contribution in [0.25, 0.3) is 0 Å². The number of ether oxygens (including phenoxy) is 1. The van der Waals surface area contributed by atoms with Gasteiger partial charge in [0.2, 0.25) is 5.91 Å². The minimum absolute atomic E-state index is 0.0632. The van der Waals surface area contributed by atoms with E-state index in [0.717, 1.165) is 50.8 Å². The third-order valence-electron chi connectivity index (χ3n) is 6.46. The molecule has 1 aromatic carbocycles. The molecule has 0 N–H and O–H groups in total. The van der Waals surface area contributed by atoms with E-state index in [1.807, 2.05) is 57.7 Å². The SMILES string of the molecule is CC(C)N(CC1CCCN(C(=O)C2(c3ccccc3)CCC2)C1)C(=O)OC(C)(C)C. The monoisotopic (exact) mass is 414 g/mol. The third kappa shape index (κ3) is 4.98. The van der Waals surface area contributed by atoms with Crippen molar-refractivity contribution in [1.82, 2.24) is 9.80 Å². The zero-order valence-corrected chi connectivity index (χ0v) is 19.3. The number of benzene rings is 1. The van der Waals surface area contributed by atoms with Gasteiger partial charge in [-0.05, 0) is 71.8 Å². The van der Waals surface area contributed by atoms with Crippen LogP contribution in [0.5, 0.6) is 0 Å². The molecule has 0 spiro atoms. The topological polar surface area (TPSA) is 49.9 Å². The van der Waals surface area contributed by atoms with E-state index in [9.17, 15) is 9.59 Å². The average Bonchev–Trinajstić information content (AvgIpc) is 2.64. The van der Waals surface area contributed by atoms with E-state index < -0.39 is 5.60 Å². The first-order valence-corrected chi connectivity index (χ1v) is 11.5. The predicted octanol–water partition coefficient (Wildman–Crippen LogP) is 4.99. The highest BCUT2D eigenvalue weighted by molar-refractivity contribution is 5.89. The Morgan fingerprint density at radius 3 is 2.37 bits per heavy atom. The third-order valence-corrected chi connectivity index (χ3v) is 6.46. The summed E-state index contributed by atoms with van der Waals surface area (Å²) in [6.07, 6.45) is 4.74. The molecule has 2 fully saturated rings. The van der Waals surface area contributed by atoms with Crippen molar-refractivity contribution in [2.75, 3.05) is 19.6 Å². The molecule has 166 valence electrons. The Kier molecular flexibility index (Phi) is 6.78. The van der Waals surface area contributed by atoms with Crippen LogP contribution in [-0.2, 0) is 14.9 Å². The van der Waals surface area contributed by atoms with Crippen molar-refractivity contribution < 1.29 is 14.3 Å². The predicted molar refractivity (Wildman–Crippen MR) is 119 cm³/mol. The van der Waals surface area contributed by atoms with Crippen molar-refractivity contribution >= 4 is 12.0 Å². The van der Waals surface area contributed by atoms with Gasteiger partial charge in [-0.15, -0.1) is 0 Å². The van der Waals surface area contributed by atoms with Crippen molar-refractivity contribution in [3.05, 3.63) is 35.9 Å². The fourth-order valence-electron chi connectivity index (χ4n) is 4.71. The number of carbonyl (C=O) groups is 2. The highest BCUT2D eigenvalue weighted by Crippen LogP contribution is 2.45. The molecule has 5 heteroatoms. The Bertz CT molecular complexity index is 735. The smallest absolute Gasteiger partial charge is 0.410 e. The van der Waals surface area contributed by atoms with Crippen molar-refractivity contribution in [1.29, 1.82) is 0 Å². The van der Waals surface area contributed by atoms with Crippen LogP contribution in [0.2, 0.25) is 0 Å². The second-order valence-electron chi connectivity index (χ2n) is 10.3. The molecule has 2 amide bonds. The molecule has 30 heavy (non-hydrogen) atoms. The van der Waals surface area contributed by atoms with Gasteiger partial charge in [-0.25, -0.2) is 4.79 Å². The lowest BCUT2D eigenvalue weighted by Gasteiger charge is -2.46. The Morgan fingerprint density at radius 2 is 1.83 bits per heavy atom. The van der Waals surface area contributed by atoms with Gasteiger partial charge in [0.05, 0.1) is 5.41 Å². The van der Waals surface area contributed by atoms with Gasteiger partial charge in [0, 0.05) is 25.7 Å². The lowest BCUT2D eigenvalue weighted by atomic mass is 9.63. The lowest BCUT2D eigenvalue weighted by molar-refractivity contribution is -0.143. The number of likely N-dealkylation sites (tertiary alicyclic amines) is 1. The molecule has 1 aliphatic heterocycles. The molecule has 5 nitrogen and oxygen atoms in total. The standard InChI is InChI=1S/C25H38N2O3/c1-19(2)27(23(29)30-24(3,4)5)18-20-11-9-16-26(17-20)22(28)25(14-10-15-25)21-12-7-6-8-13-21/h6-8,12-13,19-20H,9-11,14-18H2,1-5H3. The van der Waals surface area contributed by atoms with Gasteiger partial charge in [0.25, 0.3) is 0 Å². The quantitative estimate of drug-likeness (QED) is 0.682. The summed E-state index contributed by atoms with van der Waals surface area (Å²) in [5.74, 6) is 0.559. The van der Waals surface area contributed by atoms with Crippen molar-refractivity contribution in [2.24, 2.45) is 5.92 Å². The number of amides is 2. The van der Waals surface area contributed by atoms with Crippen molar-refractivity contribution in [2.45, 2.75) is 83.8 Å². The van der Waals surface area contributed by atoms with Crippen LogP contribution in [0.3, 0.4) is 0 Å². The van der Waals surface area contributed by atoms with E-state index >= 15 is 0 Å². The van der Waals surface area contributed by atoms with Crippen molar-refractivity contribution in [3.63, 3.8) is 0 Å². The zero-order valence-electron chi connectivity index (χ0n) is 19.3. The number of carbonyl (C=O) groups excluding carboxylic acids is 2. The first kappa shape index (κ1) is 22.6. The molecule has 1 unspecified atom stereocenters. The number of hydrogen-bond acceptors (Lipinski definition) is 3. The molecule has 2 aliphatic rings. The summed E-state index contributed by atoms with van der Waals surface area (Å²) in [4.78, 5) is 30.2. The van der Waals surface area contributed by atoms with Crippen LogP contribution in [0, 0.1) is 5.92 Å². The highest BCUT2D eigenvalue weighted by atomic mass is 16.6. The Labute approximate surface area is 181 Å². The molecule has 0 bridgehead atoms. The maximum Gasteiger partial charge on any atom is 0.410 e. The summed E-state index contributed by atoms with van der Waals surface area (Å²) >= 11 is 0. The fourth-order valence-corrected chi connectivity index (χ4v) is 4.71. The summed E-state index contributed by atoms with van der Waals surface area (Å²) < 4.78 is 5.62. The first-order valence-electron chi connectivity index (χ1n) is 11.5. The van der Waals surface area contributed by atoms with Crippen LogP contribution >= 0.6 is 0 Å². The van der Waals surface area contributed by atoms with Crippen LogP contribution in [-0.4, -0.2) is 53.1 Å². The summed E-state index contributed by atoms with van der Waals surface area (Å²) in [6, 6.07) is 10.3. The second-order valence-corrected chi connectivity index (χ2v) is 10.3. The van der Waals surface area contributed by atoms with Gasteiger partial charge in [-0.1, -0.05) is 36.8 Å². The van der Waals surface area contributed by atoms with Crippen LogP contribution < -0.4 is 0 Å². The lowest BCUT2D eigenvalue weighted by Crippen LogP contribution is -2.55. The Balaban J connectivity index is 1.68. The normalized spacial score (nSPS) is 21.1. The van der Waals surface area contributed by atoms with Gasteiger partial charge in [-0.3, -0.25) is 4.79 Å². The molecule has 1 saturated heterocycles. The van der Waals surface area contributed by atoms with Crippen LogP contribution in [0.4, 0.5) is 4.79 Å². The van der Waals surface area contributed by atoms with Gasteiger partial charge >= 0.3 is 6.09 Å². The Morgan fingerprint density at radius 1 is 1.17 bits per heavy atom. The number of hydrogen-bond donors (Lipinski definition) is 0. The van der Waals surface area contributed by atoms with E-state index in [2.05, 4.69) is 17.0 Å². The van der Waals surface area contributed by atoms with Gasteiger partial charge < -0.3 is 14.5 Å². The highest BCUT2D eigenvalue weighted by Gasteiger charge is 2.48. The van der Waals surface area contributed by atoms with Crippen LogP contribution in [0.15, 0.2) is 30.3 Å². The molecule has 1 aliphatic carbocycles. The molecular weight excluding hydrogens is 376 g/mol. The van der Waals surface area contributed by atoms with E-state index in [0.29, 0.717) is 6.54 Å². The van der Waals surface area contributed by atoms with E-state index in [1.165, 1.54) is 0 Å².